The summed E-state index contributed by atoms with van der Waals surface area (Å²) in [7, 11) is 1.77. The van der Waals surface area contributed by atoms with Crippen LogP contribution >= 0.6 is 57.8 Å². The van der Waals surface area contributed by atoms with Crippen LogP contribution in [0.2, 0.25) is 0 Å². The van der Waals surface area contributed by atoms with Gasteiger partial charge in [0.15, 0.2) is 0 Å². The van der Waals surface area contributed by atoms with E-state index >= 15 is 0 Å². The number of amides is 6. The molecule has 1 aromatic carbocycles. The zero-order valence-electron chi connectivity index (χ0n) is 41.2. The number of hydrogen-bond acceptors (Lipinski definition) is 21. The number of imidazole rings is 2. The number of aromatic hydroxyl groups is 1. The Bertz CT molecular complexity index is 2630. The summed E-state index contributed by atoms with van der Waals surface area (Å²) >= 11 is 12.0. The molecule has 13 N–H and O–H groups in total. The van der Waals surface area contributed by atoms with Crippen molar-refractivity contribution in [1.29, 1.82) is 0 Å². The van der Waals surface area contributed by atoms with E-state index in [1.807, 2.05) is 0 Å². The number of esters is 1. The van der Waals surface area contributed by atoms with Crippen molar-refractivity contribution in [3.05, 3.63) is 52.9 Å². The number of phenols is 1. The molecule has 5 rings (SSSR count). The van der Waals surface area contributed by atoms with Gasteiger partial charge in [0.05, 0.1) is 43.3 Å². The second-order valence-electron chi connectivity index (χ2n) is 17.2. The van der Waals surface area contributed by atoms with Crippen LogP contribution in [0.25, 0.3) is 0 Å². The fraction of sp³-hybridized carbons (Fsp3) is 0.500. The van der Waals surface area contributed by atoms with E-state index < -0.39 is 133 Å². The van der Waals surface area contributed by atoms with Gasteiger partial charge in [-0.2, -0.15) is 11.8 Å². The third-order valence-electron chi connectivity index (χ3n) is 11.3. The SMILES string of the molecule is CSCC[C@@H](NC(=O)[C@H]1CSSC[C@H](NC(=O)[C@H](CO)NC(=O)CNC(=S)c2[nH]c(C(=O)OC(C)C)nc2[O-])C(=O)N[C@@H](Cc2ccc(O)cc2)C(=O)N2CCCC2c2nc([O-])c([nH]2)C(=S)N[C@@H](CO)C(=O)N1)C(=O)O.[Cu+2]. The van der Waals surface area contributed by atoms with Gasteiger partial charge in [0.2, 0.25) is 41.3 Å². The number of aliphatic carboxylic acids is 1. The second kappa shape index (κ2) is 30.3. The molecule has 0 aliphatic carbocycles. The summed E-state index contributed by atoms with van der Waals surface area (Å²) in [6.45, 7) is 0.719. The van der Waals surface area contributed by atoms with Gasteiger partial charge in [-0.05, 0) is 62.8 Å². The van der Waals surface area contributed by atoms with Gasteiger partial charge in [-0.15, -0.1) is 0 Å². The van der Waals surface area contributed by atoms with Crippen molar-refractivity contribution in [2.45, 2.75) is 87.9 Å². The third kappa shape index (κ3) is 18.1. The standard InChI is InChI=1S/C44H58N12O15S5.Cu/c1-19(2)71-44(70)33-53-30(38(65)55-33)40(72)45-14-29(60)46-24(15-57)34(61)49-27-18-76-75-17-26(36(63)47-22(43(68)69)10-12-74-3)50-35(62)25(16-58)51-41(73)31-39(66)54-32(52-31)28-5-4-11-56(28)42(67)23(48-37(27)64)13-20-6-8-21(59)9-7-20;/h6-9,19,22-28,57-59,65-66H,4-5,10-18H2,1-3H3,(H,45,72)(H,46,60)(H,47,63)(H,48,64)(H,49,61)(H,50,62)(H,51,73)(H,52,54)(H,53,55)(H,68,69);/q;+2/p-2/t22-,23+,24+,25+,26-,27+,28?;/m1./s1. The molecule has 2 aliphatic heterocycles. The number of nitrogens with zero attached hydrogens (tertiary/aromatic N) is 3. The molecule has 1 fully saturated rings. The molecule has 2 aliphatic rings. The van der Waals surface area contributed by atoms with Gasteiger partial charge in [0, 0.05) is 36.2 Å². The number of H-pyrrole nitrogens is 2. The molecule has 4 heterocycles. The van der Waals surface area contributed by atoms with Crippen LogP contribution in [0.1, 0.15) is 72.5 Å². The summed E-state index contributed by atoms with van der Waals surface area (Å²) in [4.78, 5) is 122. The largest absolute Gasteiger partial charge is 2.00 e. The Hall–Kier alpha value is -5.93. The van der Waals surface area contributed by atoms with Crippen molar-refractivity contribution in [2.24, 2.45) is 0 Å². The van der Waals surface area contributed by atoms with Crippen LogP contribution < -0.4 is 47.4 Å². The maximum Gasteiger partial charge on any atom is 2.00 e. The number of ether oxygens (including phenoxy) is 1. The summed E-state index contributed by atoms with van der Waals surface area (Å²) in [6, 6.07) is -4.23. The monoisotopic (exact) mass is 1220 g/mol. The molecule has 1 unspecified atom stereocenters. The molecular formula is C44H56CuN12O15S5. The predicted molar refractivity (Wildman–Crippen MR) is 280 cm³/mol. The van der Waals surface area contributed by atoms with Crippen molar-refractivity contribution < 1.29 is 90.8 Å². The maximum atomic E-state index is 14.7. The Kier molecular flexibility index (Phi) is 25.0. The number of carboxylic acid groups (broad SMARTS) is 1. The van der Waals surface area contributed by atoms with Gasteiger partial charge in [-0.3, -0.25) is 28.8 Å². The number of aromatic amines is 2. The van der Waals surface area contributed by atoms with E-state index in [0.29, 0.717) is 24.2 Å². The Labute approximate surface area is 473 Å². The molecular weight excluding hydrogens is 1160 g/mol. The number of carbonyl (C=O) groups excluding carboxylic acids is 7. The van der Waals surface area contributed by atoms with Crippen LogP contribution in [0.5, 0.6) is 17.5 Å². The van der Waals surface area contributed by atoms with Gasteiger partial charge >= 0.3 is 29.0 Å². The average molecular weight is 1220 g/mol. The van der Waals surface area contributed by atoms with E-state index in [1.165, 1.54) is 40.9 Å². The molecule has 0 spiro atoms. The fourth-order valence-electron chi connectivity index (χ4n) is 7.44. The van der Waals surface area contributed by atoms with Crippen LogP contribution in [-0.2, 0) is 61.8 Å². The maximum absolute atomic E-state index is 14.7. The van der Waals surface area contributed by atoms with Gasteiger partial charge in [-0.1, -0.05) is 58.2 Å². The Balaban J connectivity index is 0.0000128. The number of hydrogen-bond donors (Lipinski definition) is 13. The van der Waals surface area contributed by atoms with E-state index in [4.69, 9.17) is 29.2 Å². The normalized spacial score (nSPS) is 20.2. The molecule has 3 aromatic rings. The Morgan fingerprint density at radius 2 is 1.65 bits per heavy atom. The molecule has 1 saturated heterocycles. The second-order valence-corrected chi connectivity index (χ2v) is 21.6. The van der Waals surface area contributed by atoms with E-state index in [-0.39, 0.29) is 80.9 Å². The number of carboxylic acids is 1. The first-order valence-corrected chi connectivity index (χ1v) is 27.9. The van der Waals surface area contributed by atoms with Gasteiger partial charge in [0.1, 0.15) is 57.8 Å². The van der Waals surface area contributed by atoms with Crippen molar-refractivity contribution in [2.75, 3.05) is 49.8 Å². The zero-order chi connectivity index (χ0) is 55.8. The fourth-order valence-corrected chi connectivity index (χ4v) is 10.7. The molecule has 2 bridgehead atoms. The van der Waals surface area contributed by atoms with E-state index in [9.17, 15) is 69.0 Å². The smallest absolute Gasteiger partial charge is 0.857 e. The summed E-state index contributed by atoms with van der Waals surface area (Å²) in [5.74, 6) is -10.5. The molecule has 2 aromatic heterocycles. The number of rotatable bonds is 18. The van der Waals surface area contributed by atoms with Gasteiger partial charge in [0.25, 0.3) is 0 Å². The van der Waals surface area contributed by atoms with E-state index in [0.717, 1.165) is 21.6 Å². The number of benzene rings is 1. The van der Waals surface area contributed by atoms with Crippen molar-refractivity contribution in [3.63, 3.8) is 0 Å². The first kappa shape index (κ1) is 63.6. The minimum Gasteiger partial charge on any atom is -0.857 e. The van der Waals surface area contributed by atoms with Crippen LogP contribution in [0.3, 0.4) is 0 Å². The number of fused-ring (bicyclic) bond motifs is 4. The van der Waals surface area contributed by atoms with Crippen LogP contribution in [-0.4, -0.2) is 195 Å². The molecule has 77 heavy (non-hydrogen) atoms. The number of aliphatic hydroxyl groups is 2. The molecule has 1 radical (unpaired) electrons. The summed E-state index contributed by atoms with van der Waals surface area (Å²) < 4.78 is 5.02. The summed E-state index contributed by atoms with van der Waals surface area (Å²) in [5.41, 5.74) is -0.150. The number of carbonyl (C=O) groups is 8. The number of thiocarbonyl (C=S) groups is 2. The minimum absolute atomic E-state index is 0. The Morgan fingerprint density at radius 3 is 2.30 bits per heavy atom. The summed E-state index contributed by atoms with van der Waals surface area (Å²) in [6.07, 6.45) is 1.79. The molecule has 33 heteroatoms. The first-order chi connectivity index (χ1) is 36.1. The number of nitrogens with one attached hydrogen (secondary N) is 9. The number of aromatic nitrogens is 4. The third-order valence-corrected chi connectivity index (χ3v) is 15.0. The van der Waals surface area contributed by atoms with Crippen LogP contribution in [0.4, 0.5) is 0 Å². The number of thioether (sulfide) groups is 1. The first-order valence-electron chi connectivity index (χ1n) is 23.2. The number of phenolic OH excluding ortho intramolecular Hbond substituents is 1. The van der Waals surface area contributed by atoms with E-state index in [2.05, 4.69) is 57.2 Å². The molecule has 423 valence electrons. The predicted octanol–water partition coefficient (Wildman–Crippen LogP) is -3.31. The molecule has 7 atom stereocenters. The van der Waals surface area contributed by atoms with Crippen molar-refractivity contribution >= 4 is 115 Å². The zero-order valence-corrected chi connectivity index (χ0v) is 46.2. The Morgan fingerprint density at radius 1 is 0.948 bits per heavy atom. The molecule has 6 amide bonds. The molecule has 0 saturated carbocycles. The van der Waals surface area contributed by atoms with Crippen LogP contribution in [0.15, 0.2) is 24.3 Å². The molecule has 27 nitrogen and oxygen atoms in total. The van der Waals surface area contributed by atoms with Crippen molar-refractivity contribution in [1.82, 2.24) is 62.1 Å². The summed E-state index contributed by atoms with van der Waals surface area (Å²) in [5, 5.41) is 83.8. The van der Waals surface area contributed by atoms with Gasteiger partial charge < -0.3 is 87.5 Å². The minimum atomic E-state index is -1.73. The van der Waals surface area contributed by atoms with Crippen LogP contribution in [0, 0.1) is 0 Å². The quantitative estimate of drug-likeness (QED) is 0.0257. The van der Waals surface area contributed by atoms with Crippen molar-refractivity contribution in [3.8, 4) is 17.5 Å². The average Bonchev–Trinajstić information content (AvgIpc) is 4.13. The topological polar surface area (TPSA) is 418 Å². The van der Waals surface area contributed by atoms with E-state index in [1.54, 1.807) is 20.1 Å². The number of aliphatic hydroxyl groups excluding tert-OH is 2. The van der Waals surface area contributed by atoms with Gasteiger partial charge in [-0.25, -0.2) is 19.6 Å².